The van der Waals surface area contributed by atoms with E-state index >= 15 is 0 Å². The summed E-state index contributed by atoms with van der Waals surface area (Å²) >= 11 is 0. The van der Waals surface area contributed by atoms with Gasteiger partial charge in [-0.3, -0.25) is 9.78 Å². The lowest BCUT2D eigenvalue weighted by molar-refractivity contribution is 0.0937. The number of rotatable bonds is 3. The highest BCUT2D eigenvalue weighted by atomic mass is 19.1. The van der Waals surface area contributed by atoms with Crippen LogP contribution in [0.15, 0.2) is 36.7 Å². The van der Waals surface area contributed by atoms with E-state index < -0.39 is 5.91 Å². The number of amides is 1. The van der Waals surface area contributed by atoms with Crippen LogP contribution in [0.25, 0.3) is 0 Å². The number of pyridine rings is 1. The number of nitrogens with one attached hydrogen (secondary N) is 1. The Bertz CT molecular complexity index is 644. The van der Waals surface area contributed by atoms with Crippen molar-refractivity contribution in [3.63, 3.8) is 0 Å². The number of aromatic hydroxyl groups is 1. The van der Waals surface area contributed by atoms with Gasteiger partial charge in [0, 0.05) is 6.20 Å². The van der Waals surface area contributed by atoms with Gasteiger partial charge in [-0.05, 0) is 37.1 Å². The third-order valence-electron chi connectivity index (χ3n) is 3.09. The van der Waals surface area contributed by atoms with E-state index in [4.69, 9.17) is 0 Å². The van der Waals surface area contributed by atoms with E-state index in [9.17, 15) is 14.3 Å². The van der Waals surface area contributed by atoms with Crippen LogP contribution in [0.3, 0.4) is 0 Å². The summed E-state index contributed by atoms with van der Waals surface area (Å²) in [5.41, 5.74) is 1.36. The molecule has 1 aromatic heterocycles. The minimum Gasteiger partial charge on any atom is -0.505 e. The second-order valence-electron chi connectivity index (χ2n) is 4.60. The van der Waals surface area contributed by atoms with Gasteiger partial charge in [-0.1, -0.05) is 12.1 Å². The molecular formula is C15H15FN2O2. The number of aromatic nitrogens is 1. The number of hydrogen-bond donors (Lipinski definition) is 2. The first kappa shape index (κ1) is 14.0. The summed E-state index contributed by atoms with van der Waals surface area (Å²) in [6.45, 7) is 3.43. The van der Waals surface area contributed by atoms with Crippen molar-refractivity contribution >= 4 is 5.91 Å². The molecule has 0 spiro atoms. The van der Waals surface area contributed by atoms with Gasteiger partial charge < -0.3 is 10.4 Å². The summed E-state index contributed by atoms with van der Waals surface area (Å²) in [6.07, 6.45) is 2.62. The molecule has 2 N–H and O–H groups in total. The molecule has 0 saturated carbocycles. The molecular weight excluding hydrogens is 259 g/mol. The third-order valence-corrected chi connectivity index (χ3v) is 3.09. The number of benzene rings is 1. The highest BCUT2D eigenvalue weighted by molar-refractivity contribution is 5.96. The Morgan fingerprint density at radius 2 is 2.15 bits per heavy atom. The maximum Gasteiger partial charge on any atom is 0.255 e. The van der Waals surface area contributed by atoms with E-state index in [1.165, 1.54) is 24.5 Å². The molecule has 1 atom stereocenters. The van der Waals surface area contributed by atoms with E-state index in [2.05, 4.69) is 10.3 Å². The molecule has 0 saturated heterocycles. The van der Waals surface area contributed by atoms with E-state index in [0.717, 1.165) is 0 Å². The maximum absolute atomic E-state index is 13.5. The predicted octanol–water partition coefficient (Wildman–Crippen LogP) is 2.73. The molecule has 1 amide bonds. The Morgan fingerprint density at radius 3 is 2.80 bits per heavy atom. The highest BCUT2D eigenvalue weighted by Crippen LogP contribution is 2.19. The van der Waals surface area contributed by atoms with Crippen LogP contribution < -0.4 is 5.32 Å². The SMILES string of the molecule is Cc1ccc(C(C)NC(=O)c2ccncc2O)cc1F. The fraction of sp³-hybridized carbons (Fsp3) is 0.200. The summed E-state index contributed by atoms with van der Waals surface area (Å²) in [7, 11) is 0. The van der Waals surface area contributed by atoms with E-state index in [1.54, 1.807) is 26.0 Å². The average Bonchev–Trinajstić information content (AvgIpc) is 2.42. The molecule has 0 aliphatic rings. The van der Waals surface area contributed by atoms with Crippen molar-refractivity contribution in [2.45, 2.75) is 19.9 Å². The Hall–Kier alpha value is -2.43. The zero-order chi connectivity index (χ0) is 14.7. The van der Waals surface area contributed by atoms with Crippen LogP contribution in [0.4, 0.5) is 4.39 Å². The molecule has 2 rings (SSSR count). The molecule has 104 valence electrons. The first-order valence-electron chi connectivity index (χ1n) is 6.19. The standard InChI is InChI=1S/C15H15FN2O2/c1-9-3-4-11(7-13(9)16)10(2)18-15(20)12-5-6-17-8-14(12)19/h3-8,10,19H,1-2H3,(H,18,20). The first-order valence-corrected chi connectivity index (χ1v) is 6.19. The van der Waals surface area contributed by atoms with Crippen molar-refractivity contribution in [2.75, 3.05) is 0 Å². The van der Waals surface area contributed by atoms with Crippen molar-refractivity contribution in [3.8, 4) is 5.75 Å². The first-order chi connectivity index (χ1) is 9.49. The average molecular weight is 274 g/mol. The van der Waals surface area contributed by atoms with Crippen LogP contribution in [0.2, 0.25) is 0 Å². The molecule has 1 aromatic carbocycles. The molecule has 2 aromatic rings. The summed E-state index contributed by atoms with van der Waals surface area (Å²) in [6, 6.07) is 5.87. The van der Waals surface area contributed by atoms with Gasteiger partial charge in [0.15, 0.2) is 0 Å². The van der Waals surface area contributed by atoms with Crippen LogP contribution in [-0.2, 0) is 0 Å². The molecule has 0 radical (unpaired) electrons. The van der Waals surface area contributed by atoms with Crippen molar-refractivity contribution in [1.82, 2.24) is 10.3 Å². The maximum atomic E-state index is 13.5. The minimum atomic E-state index is -0.432. The second kappa shape index (κ2) is 5.69. The van der Waals surface area contributed by atoms with Gasteiger partial charge in [-0.2, -0.15) is 0 Å². The second-order valence-corrected chi connectivity index (χ2v) is 4.60. The molecule has 1 unspecified atom stereocenters. The zero-order valence-electron chi connectivity index (χ0n) is 11.2. The van der Waals surface area contributed by atoms with Crippen molar-refractivity contribution < 1.29 is 14.3 Å². The molecule has 0 aliphatic carbocycles. The van der Waals surface area contributed by atoms with Gasteiger partial charge in [0.1, 0.15) is 11.6 Å². The van der Waals surface area contributed by atoms with Crippen LogP contribution in [0, 0.1) is 12.7 Å². The Kier molecular flexibility index (Phi) is 3.98. The Balaban J connectivity index is 2.15. The molecule has 5 heteroatoms. The zero-order valence-corrected chi connectivity index (χ0v) is 11.2. The number of carbonyl (C=O) groups is 1. The smallest absolute Gasteiger partial charge is 0.255 e. The summed E-state index contributed by atoms with van der Waals surface area (Å²) in [4.78, 5) is 15.7. The predicted molar refractivity (Wildman–Crippen MR) is 72.9 cm³/mol. The van der Waals surface area contributed by atoms with Gasteiger partial charge in [-0.25, -0.2) is 4.39 Å². The molecule has 20 heavy (non-hydrogen) atoms. The monoisotopic (exact) mass is 274 g/mol. The number of nitrogens with zero attached hydrogens (tertiary/aromatic N) is 1. The molecule has 4 nitrogen and oxygen atoms in total. The van der Waals surface area contributed by atoms with Gasteiger partial charge in [0.2, 0.25) is 0 Å². The highest BCUT2D eigenvalue weighted by Gasteiger charge is 2.15. The van der Waals surface area contributed by atoms with Crippen molar-refractivity contribution in [1.29, 1.82) is 0 Å². The fourth-order valence-electron chi connectivity index (χ4n) is 1.81. The summed E-state index contributed by atoms with van der Waals surface area (Å²) < 4.78 is 13.5. The Morgan fingerprint density at radius 1 is 1.40 bits per heavy atom. The van der Waals surface area contributed by atoms with Crippen LogP contribution in [-0.4, -0.2) is 16.0 Å². The molecule has 1 heterocycles. The fourth-order valence-corrected chi connectivity index (χ4v) is 1.81. The van der Waals surface area contributed by atoms with Crippen LogP contribution >= 0.6 is 0 Å². The Labute approximate surface area is 116 Å². The summed E-state index contributed by atoms with van der Waals surface area (Å²) in [5, 5.41) is 12.3. The third kappa shape index (κ3) is 2.93. The van der Waals surface area contributed by atoms with Gasteiger partial charge >= 0.3 is 0 Å². The van der Waals surface area contributed by atoms with Gasteiger partial charge in [0.25, 0.3) is 5.91 Å². The number of halogens is 1. The topological polar surface area (TPSA) is 62.2 Å². The van der Waals surface area contributed by atoms with E-state index in [-0.39, 0.29) is 23.2 Å². The van der Waals surface area contributed by atoms with E-state index in [1.807, 2.05) is 0 Å². The van der Waals surface area contributed by atoms with Crippen molar-refractivity contribution in [2.24, 2.45) is 0 Å². The minimum absolute atomic E-state index is 0.138. The van der Waals surface area contributed by atoms with Gasteiger partial charge in [-0.15, -0.1) is 0 Å². The number of hydrogen-bond acceptors (Lipinski definition) is 3. The van der Waals surface area contributed by atoms with E-state index in [0.29, 0.717) is 11.1 Å². The molecule has 0 aliphatic heterocycles. The van der Waals surface area contributed by atoms with Crippen LogP contribution in [0.5, 0.6) is 5.75 Å². The number of carbonyl (C=O) groups excluding carboxylic acids is 1. The number of aryl methyl sites for hydroxylation is 1. The normalized spacial score (nSPS) is 11.9. The van der Waals surface area contributed by atoms with Crippen molar-refractivity contribution in [3.05, 3.63) is 59.2 Å². The van der Waals surface area contributed by atoms with Crippen LogP contribution in [0.1, 0.15) is 34.5 Å². The summed E-state index contributed by atoms with van der Waals surface area (Å²) in [5.74, 6) is -0.930. The molecule has 0 bridgehead atoms. The molecule has 0 fully saturated rings. The van der Waals surface area contributed by atoms with Gasteiger partial charge in [0.05, 0.1) is 17.8 Å². The quantitative estimate of drug-likeness (QED) is 0.904. The lowest BCUT2D eigenvalue weighted by Gasteiger charge is -2.15. The lowest BCUT2D eigenvalue weighted by atomic mass is 10.1. The largest absolute Gasteiger partial charge is 0.505 e. The lowest BCUT2D eigenvalue weighted by Crippen LogP contribution is -2.26.